The van der Waals surface area contributed by atoms with E-state index in [1.54, 1.807) is 48.5 Å². The molecule has 6 heteroatoms. The number of nitrogens with zero attached hydrogens (tertiary/aromatic N) is 1. The molecule has 1 fully saturated rings. The van der Waals surface area contributed by atoms with Crippen LogP contribution >= 0.6 is 0 Å². The summed E-state index contributed by atoms with van der Waals surface area (Å²) in [5.74, 6) is -1.76. The molecule has 3 rings (SSSR count). The molecule has 0 spiro atoms. The van der Waals surface area contributed by atoms with Crippen molar-refractivity contribution in [2.45, 2.75) is 32.3 Å². The standard InChI is InChI=1S/C22H21NO5/c1-14(2)28-18-9-7-16(8-10-18)19-13-20(24)23(22(19)27)17-5-3-4-15(12-17)6-11-21(25)26/h3-12,14,19H,13H2,1-2H3,(H,25,26)/p-1/b11-6+/t19-/m0/s1. The van der Waals surface area contributed by atoms with E-state index in [9.17, 15) is 19.5 Å². The van der Waals surface area contributed by atoms with Gasteiger partial charge in [-0.2, -0.15) is 0 Å². The summed E-state index contributed by atoms with van der Waals surface area (Å²) < 4.78 is 5.61. The molecule has 0 saturated carbocycles. The highest BCUT2D eigenvalue weighted by Crippen LogP contribution is 2.34. The van der Waals surface area contributed by atoms with Gasteiger partial charge >= 0.3 is 0 Å². The van der Waals surface area contributed by atoms with E-state index in [0.717, 1.165) is 16.5 Å². The van der Waals surface area contributed by atoms with Gasteiger partial charge < -0.3 is 14.6 Å². The Morgan fingerprint density at radius 3 is 2.54 bits per heavy atom. The molecule has 2 aromatic rings. The highest BCUT2D eigenvalue weighted by Gasteiger charge is 2.40. The van der Waals surface area contributed by atoms with Crippen LogP contribution < -0.4 is 14.7 Å². The van der Waals surface area contributed by atoms with Gasteiger partial charge in [-0.05, 0) is 55.3 Å². The van der Waals surface area contributed by atoms with Crippen molar-refractivity contribution in [1.29, 1.82) is 0 Å². The quantitative estimate of drug-likeness (QED) is 0.569. The first-order valence-electron chi connectivity index (χ1n) is 8.97. The number of rotatable bonds is 6. The Morgan fingerprint density at radius 1 is 1.18 bits per heavy atom. The van der Waals surface area contributed by atoms with Crippen molar-refractivity contribution in [1.82, 2.24) is 0 Å². The SMILES string of the molecule is CC(C)Oc1ccc([C@@H]2CC(=O)N(c3cccc(/C=C/C(=O)[O-])c3)C2=O)cc1. The van der Waals surface area contributed by atoms with Gasteiger partial charge in [0.2, 0.25) is 11.8 Å². The molecule has 144 valence electrons. The van der Waals surface area contributed by atoms with Gasteiger partial charge in [0.25, 0.3) is 0 Å². The first-order valence-corrected chi connectivity index (χ1v) is 8.97. The molecule has 0 radical (unpaired) electrons. The number of carbonyl (C=O) groups is 3. The van der Waals surface area contributed by atoms with Crippen LogP contribution in [0.5, 0.6) is 5.75 Å². The molecule has 1 saturated heterocycles. The van der Waals surface area contributed by atoms with Crippen molar-refractivity contribution in [2.75, 3.05) is 4.90 Å². The zero-order valence-corrected chi connectivity index (χ0v) is 15.6. The molecule has 0 aliphatic carbocycles. The molecule has 2 amide bonds. The summed E-state index contributed by atoms with van der Waals surface area (Å²) in [4.78, 5) is 37.2. The van der Waals surface area contributed by atoms with Crippen LogP contribution in [0.1, 0.15) is 37.3 Å². The lowest BCUT2D eigenvalue weighted by atomic mass is 9.97. The number of anilines is 1. The molecule has 0 N–H and O–H groups in total. The minimum atomic E-state index is -1.32. The van der Waals surface area contributed by atoms with Crippen LogP contribution in [0.25, 0.3) is 6.08 Å². The Hall–Kier alpha value is -3.41. The predicted molar refractivity (Wildman–Crippen MR) is 103 cm³/mol. The second-order valence-corrected chi connectivity index (χ2v) is 6.81. The topological polar surface area (TPSA) is 86.7 Å². The third kappa shape index (κ3) is 4.28. The van der Waals surface area contributed by atoms with Gasteiger partial charge in [-0.25, -0.2) is 4.90 Å². The third-order valence-electron chi connectivity index (χ3n) is 4.34. The molecule has 0 bridgehead atoms. The summed E-state index contributed by atoms with van der Waals surface area (Å²) in [5, 5.41) is 10.6. The lowest BCUT2D eigenvalue weighted by molar-refractivity contribution is -0.297. The number of carboxylic acids is 1. The molecule has 1 aliphatic heterocycles. The summed E-state index contributed by atoms with van der Waals surface area (Å²) in [6.07, 6.45) is 2.39. The third-order valence-corrected chi connectivity index (χ3v) is 4.34. The number of benzene rings is 2. The van der Waals surface area contributed by atoms with Crippen molar-refractivity contribution < 1.29 is 24.2 Å². The van der Waals surface area contributed by atoms with Gasteiger partial charge in [0.05, 0.1) is 23.7 Å². The number of hydrogen-bond donors (Lipinski definition) is 0. The van der Waals surface area contributed by atoms with Gasteiger partial charge in [-0.15, -0.1) is 0 Å². The van der Waals surface area contributed by atoms with Crippen molar-refractivity contribution in [2.24, 2.45) is 0 Å². The highest BCUT2D eigenvalue weighted by atomic mass is 16.5. The average Bonchev–Trinajstić information content (AvgIpc) is 2.95. The van der Waals surface area contributed by atoms with Crippen LogP contribution in [0.15, 0.2) is 54.6 Å². The van der Waals surface area contributed by atoms with Crippen molar-refractivity contribution in [3.8, 4) is 5.75 Å². The summed E-state index contributed by atoms with van der Waals surface area (Å²) in [6, 6.07) is 13.8. The zero-order chi connectivity index (χ0) is 20.3. The molecule has 2 aromatic carbocycles. The largest absolute Gasteiger partial charge is 0.545 e. The molecular formula is C22H20NO5-. The fourth-order valence-corrected chi connectivity index (χ4v) is 3.15. The van der Waals surface area contributed by atoms with Gasteiger partial charge in [0.15, 0.2) is 0 Å². The van der Waals surface area contributed by atoms with Crippen LogP contribution in [0.3, 0.4) is 0 Å². The molecular weight excluding hydrogens is 358 g/mol. The second kappa shape index (κ2) is 8.08. The van der Waals surface area contributed by atoms with Crippen molar-refractivity contribution in [3.05, 3.63) is 65.7 Å². The smallest absolute Gasteiger partial charge is 0.241 e. The van der Waals surface area contributed by atoms with E-state index >= 15 is 0 Å². The molecule has 0 aromatic heterocycles. The monoisotopic (exact) mass is 378 g/mol. The van der Waals surface area contributed by atoms with Crippen LogP contribution in [0, 0.1) is 0 Å². The number of amides is 2. The number of aliphatic carboxylic acids is 1. The molecule has 1 aliphatic rings. The molecule has 1 heterocycles. The van der Waals surface area contributed by atoms with E-state index in [1.165, 1.54) is 6.08 Å². The Labute approximate surface area is 163 Å². The van der Waals surface area contributed by atoms with Gasteiger partial charge in [-0.1, -0.05) is 30.3 Å². The van der Waals surface area contributed by atoms with E-state index in [2.05, 4.69) is 0 Å². The summed E-state index contributed by atoms with van der Waals surface area (Å²) in [6.45, 7) is 3.86. The van der Waals surface area contributed by atoms with Crippen LogP contribution in [0.2, 0.25) is 0 Å². The number of ether oxygens (including phenoxy) is 1. The highest BCUT2D eigenvalue weighted by molar-refractivity contribution is 6.22. The first-order chi connectivity index (χ1) is 13.3. The second-order valence-electron chi connectivity index (χ2n) is 6.81. The van der Waals surface area contributed by atoms with Crippen molar-refractivity contribution >= 4 is 29.5 Å². The lowest BCUT2D eigenvalue weighted by Crippen LogP contribution is -2.30. The predicted octanol–water partition coefficient (Wildman–Crippen LogP) is 2.28. The number of carbonyl (C=O) groups excluding carboxylic acids is 3. The number of hydrogen-bond acceptors (Lipinski definition) is 5. The van der Waals surface area contributed by atoms with E-state index < -0.39 is 11.9 Å². The molecule has 1 atom stereocenters. The summed E-state index contributed by atoms with van der Waals surface area (Å²) in [7, 11) is 0. The minimum Gasteiger partial charge on any atom is -0.545 e. The Bertz CT molecular complexity index is 930. The summed E-state index contributed by atoms with van der Waals surface area (Å²) in [5.41, 5.74) is 1.73. The molecule has 6 nitrogen and oxygen atoms in total. The Morgan fingerprint density at radius 2 is 1.89 bits per heavy atom. The van der Waals surface area contributed by atoms with E-state index in [1.807, 2.05) is 13.8 Å². The molecule has 28 heavy (non-hydrogen) atoms. The van der Waals surface area contributed by atoms with Crippen molar-refractivity contribution in [3.63, 3.8) is 0 Å². The number of imide groups is 1. The maximum atomic E-state index is 12.9. The number of carboxylic acid groups (broad SMARTS) is 1. The first kappa shape index (κ1) is 19.4. The van der Waals surface area contributed by atoms with Crippen LogP contribution in [-0.2, 0) is 14.4 Å². The minimum absolute atomic E-state index is 0.0502. The average molecular weight is 378 g/mol. The fourth-order valence-electron chi connectivity index (χ4n) is 3.15. The fraction of sp³-hybridized carbons (Fsp3) is 0.227. The van der Waals surface area contributed by atoms with Crippen LogP contribution in [-0.4, -0.2) is 23.9 Å². The van der Waals surface area contributed by atoms with Gasteiger partial charge in [0.1, 0.15) is 5.75 Å². The molecule has 0 unspecified atom stereocenters. The van der Waals surface area contributed by atoms with E-state index in [4.69, 9.17) is 4.74 Å². The normalized spacial score (nSPS) is 17.0. The van der Waals surface area contributed by atoms with Gasteiger partial charge in [0, 0.05) is 6.42 Å². The Kier molecular flexibility index (Phi) is 5.59. The maximum absolute atomic E-state index is 12.9. The lowest BCUT2D eigenvalue weighted by Gasteiger charge is -2.16. The van der Waals surface area contributed by atoms with Crippen LogP contribution in [0.4, 0.5) is 5.69 Å². The maximum Gasteiger partial charge on any atom is 0.241 e. The van der Waals surface area contributed by atoms with E-state index in [-0.39, 0.29) is 24.3 Å². The van der Waals surface area contributed by atoms with Gasteiger partial charge in [-0.3, -0.25) is 9.59 Å². The zero-order valence-electron chi connectivity index (χ0n) is 15.6. The van der Waals surface area contributed by atoms with E-state index in [0.29, 0.717) is 17.0 Å². The Balaban J connectivity index is 1.82. The summed E-state index contributed by atoms with van der Waals surface area (Å²) >= 11 is 0.